The highest BCUT2D eigenvalue weighted by Gasteiger charge is 2.23. The van der Waals surface area contributed by atoms with Crippen LogP contribution in [0.5, 0.6) is 0 Å². The lowest BCUT2D eigenvalue weighted by Gasteiger charge is -2.32. The van der Waals surface area contributed by atoms with Crippen molar-refractivity contribution in [2.75, 3.05) is 44.6 Å². The lowest BCUT2D eigenvalue weighted by Crippen LogP contribution is -2.42. The molecular formula is C29H43N7O3. The second kappa shape index (κ2) is 14.9. The molecule has 2 aromatic rings. The molecule has 212 valence electrons. The number of piperidine rings is 1. The van der Waals surface area contributed by atoms with Crippen LogP contribution >= 0.6 is 0 Å². The molecule has 2 aliphatic rings. The van der Waals surface area contributed by atoms with Gasteiger partial charge in [-0.2, -0.15) is 0 Å². The van der Waals surface area contributed by atoms with Gasteiger partial charge in [-0.1, -0.05) is 37.1 Å². The van der Waals surface area contributed by atoms with Crippen molar-refractivity contribution in [2.45, 2.75) is 70.1 Å². The quantitative estimate of drug-likeness (QED) is 0.285. The van der Waals surface area contributed by atoms with E-state index in [-0.39, 0.29) is 30.1 Å². The van der Waals surface area contributed by atoms with Crippen LogP contribution in [0.4, 0.5) is 5.82 Å². The number of carbonyl (C=O) groups is 2. The monoisotopic (exact) mass is 537 g/mol. The minimum absolute atomic E-state index is 0.156. The van der Waals surface area contributed by atoms with E-state index in [2.05, 4.69) is 43.7 Å². The maximum Gasteiger partial charge on any atom is 0.270 e. The fourth-order valence-corrected chi connectivity index (χ4v) is 5.35. The van der Waals surface area contributed by atoms with Crippen molar-refractivity contribution in [3.05, 3.63) is 53.5 Å². The van der Waals surface area contributed by atoms with Gasteiger partial charge in [-0.25, -0.2) is 9.97 Å². The average molecular weight is 538 g/mol. The van der Waals surface area contributed by atoms with Gasteiger partial charge in [0.15, 0.2) is 0 Å². The third-order valence-electron chi connectivity index (χ3n) is 7.62. The van der Waals surface area contributed by atoms with E-state index >= 15 is 0 Å². The third-order valence-corrected chi connectivity index (χ3v) is 7.62. The second-order valence-corrected chi connectivity index (χ2v) is 10.7. The van der Waals surface area contributed by atoms with Crippen molar-refractivity contribution >= 4 is 17.6 Å². The first kappa shape index (κ1) is 28.9. The van der Waals surface area contributed by atoms with Crippen molar-refractivity contribution in [3.8, 4) is 0 Å². The summed E-state index contributed by atoms with van der Waals surface area (Å²) in [7, 11) is 0. The number of nitrogens with two attached hydrogens (primary N) is 1. The molecule has 2 amide bonds. The van der Waals surface area contributed by atoms with E-state index in [0.717, 1.165) is 71.1 Å². The number of nitrogens with one attached hydrogen (secondary N) is 2. The van der Waals surface area contributed by atoms with Crippen LogP contribution < -0.4 is 16.4 Å². The van der Waals surface area contributed by atoms with Crippen LogP contribution in [0.25, 0.3) is 0 Å². The topological polar surface area (TPSA) is 137 Å². The van der Waals surface area contributed by atoms with Gasteiger partial charge in [0.25, 0.3) is 5.91 Å². The van der Waals surface area contributed by atoms with Crippen molar-refractivity contribution in [1.82, 2.24) is 25.1 Å². The minimum atomic E-state index is -0.669. The lowest BCUT2D eigenvalue weighted by atomic mass is 10.00. The lowest BCUT2D eigenvalue weighted by molar-refractivity contribution is -0.132. The summed E-state index contributed by atoms with van der Waals surface area (Å²) in [6, 6.07) is 10.2. The van der Waals surface area contributed by atoms with Gasteiger partial charge in [0.05, 0.1) is 6.10 Å². The number of nitrogens with zero attached hydrogens (tertiary/aromatic N) is 4. The Labute approximate surface area is 231 Å². The maximum absolute atomic E-state index is 12.7. The number of aliphatic hydroxyl groups excluding tert-OH is 1. The van der Waals surface area contributed by atoms with Gasteiger partial charge in [0.1, 0.15) is 17.8 Å². The SMILES string of the molecule is NCCCCCCC(=O)N1CCC(Nc2cc(C(=O)NC[C@H](O)CN3CCc4ccccc4C3)ncn2)CC1. The zero-order valence-corrected chi connectivity index (χ0v) is 22.9. The molecule has 39 heavy (non-hydrogen) atoms. The molecule has 0 bridgehead atoms. The molecule has 5 N–H and O–H groups in total. The highest BCUT2D eigenvalue weighted by molar-refractivity contribution is 5.92. The summed E-state index contributed by atoms with van der Waals surface area (Å²) in [5.41, 5.74) is 8.45. The number of β-amino-alcohol motifs (C(OH)–C–C–N with tert-alkyl or cyclic N) is 1. The predicted molar refractivity (Wildman–Crippen MR) is 151 cm³/mol. The molecule has 3 heterocycles. The van der Waals surface area contributed by atoms with Gasteiger partial charge in [0, 0.05) is 57.8 Å². The number of fused-ring (bicyclic) bond motifs is 1. The number of amides is 2. The van der Waals surface area contributed by atoms with Crippen LogP contribution in [0.1, 0.15) is 66.6 Å². The van der Waals surface area contributed by atoms with Crippen LogP contribution in [0.2, 0.25) is 0 Å². The van der Waals surface area contributed by atoms with E-state index in [1.54, 1.807) is 6.07 Å². The molecule has 1 aromatic carbocycles. The number of likely N-dealkylation sites (tertiary alicyclic amines) is 1. The number of anilines is 1. The number of aromatic nitrogens is 2. The largest absolute Gasteiger partial charge is 0.390 e. The number of hydrogen-bond acceptors (Lipinski definition) is 8. The summed E-state index contributed by atoms with van der Waals surface area (Å²) < 4.78 is 0. The summed E-state index contributed by atoms with van der Waals surface area (Å²) in [5.74, 6) is 0.484. The molecule has 0 unspecified atom stereocenters. The van der Waals surface area contributed by atoms with Gasteiger partial charge in [-0.15, -0.1) is 0 Å². The number of benzene rings is 1. The molecule has 10 heteroatoms. The molecule has 0 spiro atoms. The number of hydrogen-bond donors (Lipinski definition) is 4. The van der Waals surface area contributed by atoms with Crippen molar-refractivity contribution in [3.63, 3.8) is 0 Å². The summed E-state index contributed by atoms with van der Waals surface area (Å²) in [4.78, 5) is 37.8. The molecule has 0 radical (unpaired) electrons. The van der Waals surface area contributed by atoms with Crippen molar-refractivity contribution in [1.29, 1.82) is 0 Å². The Morgan fingerprint density at radius 3 is 2.62 bits per heavy atom. The highest BCUT2D eigenvalue weighted by Crippen LogP contribution is 2.19. The van der Waals surface area contributed by atoms with Gasteiger partial charge >= 0.3 is 0 Å². The van der Waals surface area contributed by atoms with E-state index < -0.39 is 6.10 Å². The van der Waals surface area contributed by atoms with Gasteiger partial charge in [-0.05, 0) is 49.8 Å². The van der Waals surface area contributed by atoms with E-state index in [1.165, 1.54) is 17.5 Å². The molecule has 4 rings (SSSR count). The molecule has 1 atom stereocenters. The Morgan fingerprint density at radius 2 is 1.82 bits per heavy atom. The summed E-state index contributed by atoms with van der Waals surface area (Å²) in [6.45, 7) is 4.52. The Hall–Kier alpha value is -3.08. The molecule has 2 aliphatic heterocycles. The normalized spacial score (nSPS) is 16.9. The van der Waals surface area contributed by atoms with Crippen LogP contribution in [0.3, 0.4) is 0 Å². The fourth-order valence-electron chi connectivity index (χ4n) is 5.35. The van der Waals surface area contributed by atoms with Crippen LogP contribution in [0.15, 0.2) is 36.7 Å². The summed E-state index contributed by atoms with van der Waals surface area (Å²) >= 11 is 0. The number of aliphatic hydroxyl groups is 1. The smallest absolute Gasteiger partial charge is 0.270 e. The first-order valence-electron chi connectivity index (χ1n) is 14.3. The van der Waals surface area contributed by atoms with Crippen LogP contribution in [0, 0.1) is 0 Å². The van der Waals surface area contributed by atoms with Crippen molar-refractivity contribution < 1.29 is 14.7 Å². The number of carbonyl (C=O) groups excluding carboxylic acids is 2. The average Bonchev–Trinajstić information content (AvgIpc) is 2.96. The molecule has 10 nitrogen and oxygen atoms in total. The van der Waals surface area contributed by atoms with Gasteiger partial charge in [0.2, 0.25) is 5.91 Å². The third kappa shape index (κ3) is 8.98. The molecule has 0 aliphatic carbocycles. The number of rotatable bonds is 13. The number of unbranched alkanes of at least 4 members (excludes halogenated alkanes) is 3. The zero-order chi connectivity index (χ0) is 27.5. The van der Waals surface area contributed by atoms with E-state index in [0.29, 0.717) is 25.3 Å². The molecule has 1 saturated heterocycles. The minimum Gasteiger partial charge on any atom is -0.390 e. The Kier molecular flexibility index (Phi) is 11.1. The Balaban J connectivity index is 1.16. The standard InChI is InChI=1S/C29H43N7O3/c30-13-6-2-1-3-9-28(38)36-15-11-24(12-16-36)34-27-17-26(32-21-33-27)29(39)31-18-25(37)20-35-14-10-22-7-4-5-8-23(22)19-35/h4-5,7-8,17,21,24-25,37H,1-3,6,9-16,18-20,30H2,(H,31,39)(H,32,33,34)/t25-/m0/s1. The first-order chi connectivity index (χ1) is 19.0. The van der Waals surface area contributed by atoms with Crippen molar-refractivity contribution in [2.24, 2.45) is 5.73 Å². The Morgan fingerprint density at radius 1 is 1.05 bits per heavy atom. The van der Waals surface area contributed by atoms with E-state index in [4.69, 9.17) is 5.73 Å². The van der Waals surface area contributed by atoms with E-state index in [1.807, 2.05) is 11.0 Å². The predicted octanol–water partition coefficient (Wildman–Crippen LogP) is 1.94. The molecule has 0 saturated carbocycles. The fraction of sp³-hybridized carbons (Fsp3) is 0.586. The van der Waals surface area contributed by atoms with E-state index in [9.17, 15) is 14.7 Å². The highest BCUT2D eigenvalue weighted by atomic mass is 16.3. The van der Waals surface area contributed by atoms with Gasteiger partial charge in [-0.3, -0.25) is 14.5 Å². The summed E-state index contributed by atoms with van der Waals surface area (Å²) in [5, 5.41) is 16.7. The molecule has 1 aromatic heterocycles. The maximum atomic E-state index is 12.7. The van der Waals surface area contributed by atoms with Crippen LogP contribution in [-0.4, -0.2) is 88.1 Å². The second-order valence-electron chi connectivity index (χ2n) is 10.7. The van der Waals surface area contributed by atoms with Crippen LogP contribution in [-0.2, 0) is 17.8 Å². The Bertz CT molecular complexity index is 1070. The molecular weight excluding hydrogens is 494 g/mol. The van der Waals surface area contributed by atoms with Gasteiger partial charge < -0.3 is 26.4 Å². The summed E-state index contributed by atoms with van der Waals surface area (Å²) in [6.07, 6.45) is 8.03. The first-order valence-corrected chi connectivity index (χ1v) is 14.3. The molecule has 1 fully saturated rings. The zero-order valence-electron chi connectivity index (χ0n) is 22.9.